The van der Waals surface area contributed by atoms with Gasteiger partial charge in [0.25, 0.3) is 0 Å². The van der Waals surface area contributed by atoms with E-state index in [2.05, 4.69) is 14.8 Å². The van der Waals surface area contributed by atoms with Gasteiger partial charge in [-0.2, -0.15) is 0 Å². The van der Waals surface area contributed by atoms with Gasteiger partial charge in [0.1, 0.15) is 11.5 Å². The van der Waals surface area contributed by atoms with Crippen LogP contribution in [-0.4, -0.2) is 29.0 Å². The van der Waals surface area contributed by atoms with E-state index < -0.39 is 0 Å². The van der Waals surface area contributed by atoms with Crippen molar-refractivity contribution in [1.29, 1.82) is 0 Å². The van der Waals surface area contributed by atoms with E-state index in [-0.39, 0.29) is 0 Å². The second-order valence-electron chi connectivity index (χ2n) is 7.59. The van der Waals surface area contributed by atoms with Crippen molar-refractivity contribution in [2.24, 2.45) is 0 Å². The van der Waals surface area contributed by atoms with Gasteiger partial charge in [-0.1, -0.05) is 60.3 Å². The molecule has 1 fully saturated rings. The van der Waals surface area contributed by atoms with Crippen LogP contribution in [0, 0.1) is 0 Å². The fraction of sp³-hybridized carbons (Fsp3) is 0.391. The highest BCUT2D eigenvalue weighted by Gasteiger charge is 2.24. The maximum atomic E-state index is 6.38. The van der Waals surface area contributed by atoms with Crippen molar-refractivity contribution in [3.8, 4) is 22.9 Å². The van der Waals surface area contributed by atoms with E-state index in [0.29, 0.717) is 21.8 Å². The standard InChI is InChI=1S/C23H25Cl2N3O2S/c1-29-19-10-16(11-20(13-19)30-2)22-26-27-23(28(22)18-6-4-3-5-7-18)31-14-15-8-9-17(24)12-21(15)25/h8-13,18H,3-7,14H2,1-2H3. The highest BCUT2D eigenvalue weighted by atomic mass is 35.5. The molecule has 2 aromatic carbocycles. The molecule has 0 spiro atoms. The van der Waals surface area contributed by atoms with Crippen LogP contribution in [0.4, 0.5) is 0 Å². The Kier molecular flexibility index (Phi) is 7.31. The Balaban J connectivity index is 1.70. The summed E-state index contributed by atoms with van der Waals surface area (Å²) in [5.41, 5.74) is 1.96. The molecule has 0 saturated heterocycles. The number of halogens is 2. The summed E-state index contributed by atoms with van der Waals surface area (Å²) >= 11 is 14.1. The van der Waals surface area contributed by atoms with Gasteiger partial charge in [-0.05, 0) is 42.7 Å². The number of thioether (sulfide) groups is 1. The van der Waals surface area contributed by atoms with Crippen molar-refractivity contribution in [3.05, 3.63) is 52.0 Å². The second-order valence-corrected chi connectivity index (χ2v) is 9.38. The highest BCUT2D eigenvalue weighted by Crippen LogP contribution is 2.38. The van der Waals surface area contributed by atoms with Gasteiger partial charge in [0.2, 0.25) is 0 Å². The van der Waals surface area contributed by atoms with Crippen molar-refractivity contribution in [2.45, 2.75) is 49.1 Å². The van der Waals surface area contributed by atoms with Gasteiger partial charge in [0, 0.05) is 33.5 Å². The molecule has 1 saturated carbocycles. The van der Waals surface area contributed by atoms with Crippen LogP contribution in [0.1, 0.15) is 43.7 Å². The Labute approximate surface area is 197 Å². The molecule has 0 radical (unpaired) electrons. The van der Waals surface area contributed by atoms with Crippen molar-refractivity contribution in [3.63, 3.8) is 0 Å². The number of methoxy groups -OCH3 is 2. The molecule has 0 bridgehead atoms. The molecule has 8 heteroatoms. The first-order valence-electron chi connectivity index (χ1n) is 10.3. The molecule has 0 atom stereocenters. The molecule has 0 N–H and O–H groups in total. The number of aromatic nitrogens is 3. The number of benzene rings is 2. The molecule has 0 amide bonds. The summed E-state index contributed by atoms with van der Waals surface area (Å²) in [4.78, 5) is 0. The van der Waals surface area contributed by atoms with Crippen molar-refractivity contribution >= 4 is 35.0 Å². The second kappa shape index (κ2) is 10.2. The summed E-state index contributed by atoms with van der Waals surface area (Å²) in [5, 5.41) is 11.4. The Bertz CT molecular complexity index is 1030. The Hall–Kier alpha value is -1.89. The van der Waals surface area contributed by atoms with Crippen LogP contribution in [0.5, 0.6) is 11.5 Å². The summed E-state index contributed by atoms with van der Waals surface area (Å²) in [7, 11) is 3.31. The van der Waals surface area contributed by atoms with E-state index in [1.807, 2.05) is 30.3 Å². The number of rotatable bonds is 7. The van der Waals surface area contributed by atoms with Crippen molar-refractivity contribution in [2.75, 3.05) is 14.2 Å². The monoisotopic (exact) mass is 477 g/mol. The molecule has 5 nitrogen and oxygen atoms in total. The fourth-order valence-corrected chi connectivity index (χ4v) is 5.52. The third-order valence-electron chi connectivity index (χ3n) is 5.59. The molecular formula is C23H25Cl2N3O2S. The predicted molar refractivity (Wildman–Crippen MR) is 127 cm³/mol. The van der Waals surface area contributed by atoms with Crippen molar-refractivity contribution in [1.82, 2.24) is 14.8 Å². The molecule has 1 aromatic heterocycles. The third kappa shape index (κ3) is 5.13. The van der Waals surface area contributed by atoms with E-state index in [1.165, 1.54) is 19.3 Å². The Morgan fingerprint density at radius 2 is 1.68 bits per heavy atom. The van der Waals surface area contributed by atoms with Crippen LogP contribution < -0.4 is 9.47 Å². The third-order valence-corrected chi connectivity index (χ3v) is 7.16. The van der Waals surface area contributed by atoms with Crippen LogP contribution >= 0.6 is 35.0 Å². The lowest BCUT2D eigenvalue weighted by atomic mass is 9.95. The molecule has 3 aromatic rings. The minimum Gasteiger partial charge on any atom is -0.497 e. The topological polar surface area (TPSA) is 49.2 Å². The zero-order valence-electron chi connectivity index (χ0n) is 17.6. The SMILES string of the molecule is COc1cc(OC)cc(-c2nnc(SCc3ccc(Cl)cc3Cl)n2C2CCCCC2)c1. The van der Waals surface area contributed by atoms with Gasteiger partial charge in [-0.15, -0.1) is 10.2 Å². The maximum Gasteiger partial charge on any atom is 0.192 e. The molecule has 1 heterocycles. The van der Waals surface area contributed by atoms with Crippen LogP contribution in [-0.2, 0) is 5.75 Å². The normalized spacial score (nSPS) is 14.6. The minimum atomic E-state index is 0.374. The van der Waals surface area contributed by atoms with Gasteiger partial charge >= 0.3 is 0 Å². The lowest BCUT2D eigenvalue weighted by Crippen LogP contribution is -2.15. The average molecular weight is 478 g/mol. The lowest BCUT2D eigenvalue weighted by molar-refractivity contribution is 0.339. The average Bonchev–Trinajstić information content (AvgIpc) is 3.22. The van der Waals surface area contributed by atoms with E-state index in [4.69, 9.17) is 32.7 Å². The van der Waals surface area contributed by atoms with Gasteiger partial charge < -0.3 is 9.47 Å². The van der Waals surface area contributed by atoms with E-state index in [1.54, 1.807) is 32.0 Å². The quantitative estimate of drug-likeness (QED) is 0.340. The highest BCUT2D eigenvalue weighted by molar-refractivity contribution is 7.98. The molecule has 1 aliphatic rings. The first-order valence-corrected chi connectivity index (χ1v) is 12.1. The number of ether oxygens (including phenoxy) is 2. The van der Waals surface area contributed by atoms with Gasteiger partial charge in [-0.25, -0.2) is 0 Å². The summed E-state index contributed by atoms with van der Waals surface area (Å²) in [6.07, 6.45) is 5.97. The van der Waals surface area contributed by atoms with Crippen LogP contribution in [0.2, 0.25) is 10.0 Å². The smallest absolute Gasteiger partial charge is 0.192 e. The molecular weight excluding hydrogens is 453 g/mol. The fourth-order valence-electron chi connectivity index (χ4n) is 3.96. The molecule has 4 rings (SSSR count). The molecule has 31 heavy (non-hydrogen) atoms. The number of hydrogen-bond donors (Lipinski definition) is 0. The number of nitrogens with zero attached hydrogens (tertiary/aromatic N) is 3. The minimum absolute atomic E-state index is 0.374. The van der Waals surface area contributed by atoms with E-state index in [0.717, 1.165) is 46.4 Å². The lowest BCUT2D eigenvalue weighted by Gasteiger charge is -2.25. The van der Waals surface area contributed by atoms with Gasteiger partial charge in [0.15, 0.2) is 11.0 Å². The first-order chi connectivity index (χ1) is 15.1. The molecule has 0 aliphatic heterocycles. The van der Waals surface area contributed by atoms with Gasteiger partial charge in [-0.3, -0.25) is 4.57 Å². The van der Waals surface area contributed by atoms with Crippen molar-refractivity contribution < 1.29 is 9.47 Å². The summed E-state index contributed by atoms with van der Waals surface area (Å²) in [6, 6.07) is 11.8. The Morgan fingerprint density at radius 3 is 2.32 bits per heavy atom. The Morgan fingerprint density at radius 1 is 0.968 bits per heavy atom. The predicted octanol–water partition coefficient (Wildman–Crippen LogP) is 7.07. The van der Waals surface area contributed by atoms with E-state index >= 15 is 0 Å². The van der Waals surface area contributed by atoms with Crippen LogP contribution in [0.3, 0.4) is 0 Å². The van der Waals surface area contributed by atoms with Crippen LogP contribution in [0.25, 0.3) is 11.4 Å². The van der Waals surface area contributed by atoms with E-state index in [9.17, 15) is 0 Å². The zero-order valence-corrected chi connectivity index (χ0v) is 19.9. The largest absolute Gasteiger partial charge is 0.497 e. The summed E-state index contributed by atoms with van der Waals surface area (Å²) in [5.74, 6) is 3.00. The number of hydrogen-bond acceptors (Lipinski definition) is 5. The van der Waals surface area contributed by atoms with Crippen LogP contribution in [0.15, 0.2) is 41.6 Å². The summed E-state index contributed by atoms with van der Waals surface area (Å²) < 4.78 is 13.2. The molecule has 164 valence electrons. The maximum absolute atomic E-state index is 6.38. The molecule has 0 unspecified atom stereocenters. The molecule has 1 aliphatic carbocycles. The zero-order chi connectivity index (χ0) is 21.8. The first kappa shape index (κ1) is 22.3. The summed E-state index contributed by atoms with van der Waals surface area (Å²) in [6.45, 7) is 0. The van der Waals surface area contributed by atoms with Gasteiger partial charge in [0.05, 0.1) is 14.2 Å².